The minimum absolute atomic E-state index is 0.120. The zero-order chi connectivity index (χ0) is 11.4. The van der Waals surface area contributed by atoms with Gasteiger partial charge in [-0.25, -0.2) is 0 Å². The van der Waals surface area contributed by atoms with E-state index in [2.05, 4.69) is 29.2 Å². The van der Waals surface area contributed by atoms with Gasteiger partial charge in [-0.05, 0) is 17.5 Å². The number of benzene rings is 1. The molecule has 0 amide bonds. The summed E-state index contributed by atoms with van der Waals surface area (Å²) >= 11 is 0. The fourth-order valence-electron chi connectivity index (χ4n) is 2.17. The van der Waals surface area contributed by atoms with Gasteiger partial charge in [0.2, 0.25) is 0 Å². The van der Waals surface area contributed by atoms with Crippen molar-refractivity contribution in [1.82, 2.24) is 4.90 Å². The maximum atomic E-state index is 5.23. The first-order chi connectivity index (χ1) is 7.83. The summed E-state index contributed by atoms with van der Waals surface area (Å²) in [4.78, 5) is 2.38. The summed E-state index contributed by atoms with van der Waals surface area (Å²) in [5.41, 5.74) is 2.91. The fourth-order valence-corrected chi connectivity index (χ4v) is 2.17. The van der Waals surface area contributed by atoms with Gasteiger partial charge in [0.25, 0.3) is 0 Å². The highest BCUT2D eigenvalue weighted by Crippen LogP contribution is 2.18. The van der Waals surface area contributed by atoms with Crippen LogP contribution in [0.1, 0.15) is 11.1 Å². The first kappa shape index (κ1) is 11.6. The molecular formula is C13H19NO2. The van der Waals surface area contributed by atoms with Gasteiger partial charge in [-0.2, -0.15) is 0 Å². The van der Waals surface area contributed by atoms with E-state index in [4.69, 9.17) is 9.47 Å². The molecule has 88 valence electrons. The standard InChI is InChI=1S/C13H19NO2/c1-15-13(16-2)10-14-8-7-11-5-3-4-6-12(11)9-14/h3-6,13H,7-10H2,1-2H3. The number of hydrogen-bond acceptors (Lipinski definition) is 3. The Morgan fingerprint density at radius 3 is 2.56 bits per heavy atom. The molecule has 0 radical (unpaired) electrons. The van der Waals surface area contributed by atoms with E-state index < -0.39 is 0 Å². The van der Waals surface area contributed by atoms with Crippen molar-refractivity contribution in [2.75, 3.05) is 27.3 Å². The van der Waals surface area contributed by atoms with Crippen molar-refractivity contribution in [2.45, 2.75) is 19.3 Å². The van der Waals surface area contributed by atoms with Gasteiger partial charge in [0, 0.05) is 33.9 Å². The highest BCUT2D eigenvalue weighted by Gasteiger charge is 2.18. The Kier molecular flexibility index (Phi) is 3.93. The molecule has 1 heterocycles. The van der Waals surface area contributed by atoms with E-state index in [1.807, 2.05) is 0 Å². The van der Waals surface area contributed by atoms with E-state index in [1.165, 1.54) is 11.1 Å². The third kappa shape index (κ3) is 2.61. The smallest absolute Gasteiger partial charge is 0.169 e. The van der Waals surface area contributed by atoms with E-state index in [9.17, 15) is 0 Å². The second-order valence-electron chi connectivity index (χ2n) is 4.15. The summed E-state index contributed by atoms with van der Waals surface area (Å²) < 4.78 is 10.5. The molecule has 0 atom stereocenters. The predicted octanol–water partition coefficient (Wildman–Crippen LogP) is 1.66. The van der Waals surface area contributed by atoms with Gasteiger partial charge in [-0.1, -0.05) is 24.3 Å². The molecule has 3 nitrogen and oxygen atoms in total. The molecule has 0 saturated carbocycles. The maximum absolute atomic E-state index is 5.23. The Hall–Kier alpha value is -0.900. The number of hydrogen-bond donors (Lipinski definition) is 0. The average Bonchev–Trinajstić information content (AvgIpc) is 2.35. The largest absolute Gasteiger partial charge is 0.355 e. The molecule has 16 heavy (non-hydrogen) atoms. The lowest BCUT2D eigenvalue weighted by atomic mass is 10.00. The Labute approximate surface area is 97.0 Å². The summed E-state index contributed by atoms with van der Waals surface area (Å²) in [5.74, 6) is 0. The topological polar surface area (TPSA) is 21.7 Å². The van der Waals surface area contributed by atoms with Crippen LogP contribution in [0.4, 0.5) is 0 Å². The fraction of sp³-hybridized carbons (Fsp3) is 0.538. The van der Waals surface area contributed by atoms with Gasteiger partial charge >= 0.3 is 0 Å². The van der Waals surface area contributed by atoms with Crippen molar-refractivity contribution < 1.29 is 9.47 Å². The molecule has 2 rings (SSSR count). The Morgan fingerprint density at radius 2 is 1.88 bits per heavy atom. The van der Waals surface area contributed by atoms with Crippen LogP contribution in [0.25, 0.3) is 0 Å². The molecule has 0 unspecified atom stereocenters. The number of ether oxygens (including phenoxy) is 2. The van der Waals surface area contributed by atoms with Gasteiger partial charge in [0.1, 0.15) is 0 Å². The summed E-state index contributed by atoms with van der Waals surface area (Å²) in [5, 5.41) is 0. The van der Waals surface area contributed by atoms with Gasteiger partial charge in [0.05, 0.1) is 0 Å². The lowest BCUT2D eigenvalue weighted by Crippen LogP contribution is -2.38. The quantitative estimate of drug-likeness (QED) is 0.722. The first-order valence-electron chi connectivity index (χ1n) is 5.68. The minimum atomic E-state index is -0.120. The lowest BCUT2D eigenvalue weighted by molar-refractivity contribution is -0.117. The van der Waals surface area contributed by atoms with Crippen LogP contribution in [0.5, 0.6) is 0 Å². The molecule has 3 heteroatoms. The summed E-state index contributed by atoms with van der Waals surface area (Å²) in [6.07, 6.45) is 1.00. The Morgan fingerprint density at radius 1 is 1.19 bits per heavy atom. The highest BCUT2D eigenvalue weighted by atomic mass is 16.7. The molecule has 1 aromatic carbocycles. The van der Waals surface area contributed by atoms with Gasteiger partial charge < -0.3 is 9.47 Å². The number of fused-ring (bicyclic) bond motifs is 1. The van der Waals surface area contributed by atoms with Crippen molar-refractivity contribution >= 4 is 0 Å². The monoisotopic (exact) mass is 221 g/mol. The van der Waals surface area contributed by atoms with Crippen molar-refractivity contribution in [3.8, 4) is 0 Å². The van der Waals surface area contributed by atoms with Crippen LogP contribution in [-0.4, -0.2) is 38.5 Å². The van der Waals surface area contributed by atoms with Crippen LogP contribution in [0.3, 0.4) is 0 Å². The van der Waals surface area contributed by atoms with E-state index in [1.54, 1.807) is 14.2 Å². The highest BCUT2D eigenvalue weighted by molar-refractivity contribution is 5.28. The van der Waals surface area contributed by atoms with Crippen molar-refractivity contribution in [3.63, 3.8) is 0 Å². The van der Waals surface area contributed by atoms with Gasteiger partial charge in [0.15, 0.2) is 6.29 Å². The van der Waals surface area contributed by atoms with Gasteiger partial charge in [-0.3, -0.25) is 4.90 Å². The molecular weight excluding hydrogens is 202 g/mol. The van der Waals surface area contributed by atoms with E-state index in [-0.39, 0.29) is 6.29 Å². The molecule has 0 aliphatic carbocycles. The average molecular weight is 221 g/mol. The Bertz CT molecular complexity index is 336. The molecule has 0 spiro atoms. The molecule has 0 bridgehead atoms. The normalized spacial score (nSPS) is 16.4. The molecule has 0 N–H and O–H groups in total. The van der Waals surface area contributed by atoms with Crippen LogP contribution < -0.4 is 0 Å². The second-order valence-corrected chi connectivity index (χ2v) is 4.15. The maximum Gasteiger partial charge on any atom is 0.169 e. The third-order valence-corrected chi connectivity index (χ3v) is 3.14. The van der Waals surface area contributed by atoms with Crippen LogP contribution in [0.2, 0.25) is 0 Å². The molecule has 0 fully saturated rings. The molecule has 0 saturated heterocycles. The van der Waals surface area contributed by atoms with E-state index in [0.717, 1.165) is 26.1 Å². The number of rotatable bonds is 4. The van der Waals surface area contributed by atoms with Crippen molar-refractivity contribution in [1.29, 1.82) is 0 Å². The molecule has 1 aromatic rings. The lowest BCUT2D eigenvalue weighted by Gasteiger charge is -2.30. The van der Waals surface area contributed by atoms with E-state index in [0.29, 0.717) is 0 Å². The molecule has 1 aliphatic rings. The number of methoxy groups -OCH3 is 2. The number of nitrogens with zero attached hydrogens (tertiary/aromatic N) is 1. The van der Waals surface area contributed by atoms with E-state index >= 15 is 0 Å². The van der Waals surface area contributed by atoms with Crippen LogP contribution in [0, 0.1) is 0 Å². The van der Waals surface area contributed by atoms with Crippen LogP contribution in [0.15, 0.2) is 24.3 Å². The second kappa shape index (κ2) is 5.43. The van der Waals surface area contributed by atoms with Gasteiger partial charge in [-0.15, -0.1) is 0 Å². The summed E-state index contributed by atoms with van der Waals surface area (Å²) in [7, 11) is 3.37. The minimum Gasteiger partial charge on any atom is -0.355 e. The summed E-state index contributed by atoms with van der Waals surface area (Å²) in [6, 6.07) is 8.64. The SMILES string of the molecule is COC(CN1CCc2ccccc2C1)OC. The first-order valence-corrected chi connectivity index (χ1v) is 5.68. The Balaban J connectivity index is 1.97. The molecule has 1 aliphatic heterocycles. The third-order valence-electron chi connectivity index (χ3n) is 3.14. The zero-order valence-electron chi connectivity index (χ0n) is 9.98. The van der Waals surface area contributed by atoms with Crippen molar-refractivity contribution in [3.05, 3.63) is 35.4 Å². The van der Waals surface area contributed by atoms with Crippen molar-refractivity contribution in [2.24, 2.45) is 0 Å². The predicted molar refractivity (Wildman–Crippen MR) is 63.2 cm³/mol. The van der Waals surface area contributed by atoms with Crippen LogP contribution >= 0.6 is 0 Å². The summed E-state index contributed by atoms with van der Waals surface area (Å²) in [6.45, 7) is 2.92. The molecule has 0 aromatic heterocycles. The van der Waals surface area contributed by atoms with Crippen LogP contribution in [-0.2, 0) is 22.4 Å². The zero-order valence-corrected chi connectivity index (χ0v) is 9.98.